The number of carbonyl (C=O) groups excluding carboxylic acids is 3. The van der Waals surface area contributed by atoms with Gasteiger partial charge in [-0.15, -0.1) is 23.5 Å². The summed E-state index contributed by atoms with van der Waals surface area (Å²) in [4.78, 5) is 51.1. The van der Waals surface area contributed by atoms with Gasteiger partial charge in [-0.25, -0.2) is 9.36 Å². The van der Waals surface area contributed by atoms with Crippen LogP contribution in [0.25, 0.3) is 0 Å². The average Bonchev–Trinajstić information content (AvgIpc) is 2.93. The first-order chi connectivity index (χ1) is 19.4. The highest BCUT2D eigenvalue weighted by atomic mass is 35.5. The highest BCUT2D eigenvalue weighted by Gasteiger charge is 2.54. The minimum absolute atomic E-state index is 0.0490. The molecule has 4 rings (SSSR count). The zero-order valence-electron chi connectivity index (χ0n) is 21.1. The molecule has 41 heavy (non-hydrogen) atoms. The van der Waals surface area contributed by atoms with E-state index in [0.717, 1.165) is 34.9 Å². The molecule has 0 bridgehead atoms. The molecule has 1 fully saturated rings. The van der Waals surface area contributed by atoms with E-state index < -0.39 is 40.9 Å². The van der Waals surface area contributed by atoms with Gasteiger partial charge in [-0.05, 0) is 24.3 Å². The molecule has 0 radical (unpaired) electrons. The van der Waals surface area contributed by atoms with Crippen LogP contribution in [0.3, 0.4) is 0 Å². The summed E-state index contributed by atoms with van der Waals surface area (Å²) in [6.45, 7) is 0.682. The van der Waals surface area contributed by atoms with Crippen molar-refractivity contribution in [1.82, 2.24) is 15.5 Å². The van der Waals surface area contributed by atoms with E-state index in [-0.39, 0.29) is 46.1 Å². The summed E-state index contributed by atoms with van der Waals surface area (Å²) in [7, 11) is 0. The second-order valence-electron chi connectivity index (χ2n) is 8.95. The van der Waals surface area contributed by atoms with Gasteiger partial charge < -0.3 is 21.5 Å². The van der Waals surface area contributed by atoms with Crippen LogP contribution in [0, 0.1) is 0 Å². The van der Waals surface area contributed by atoms with Gasteiger partial charge in [0.2, 0.25) is 5.91 Å². The number of pyridine rings is 1. The minimum Gasteiger partial charge on any atom is -0.477 e. The van der Waals surface area contributed by atoms with Gasteiger partial charge in [-0.1, -0.05) is 11.6 Å². The predicted octanol–water partition coefficient (Wildman–Crippen LogP) is 1.87. The highest BCUT2D eigenvalue weighted by Crippen LogP contribution is 2.41. The molecule has 0 aliphatic carbocycles. The van der Waals surface area contributed by atoms with Crippen LogP contribution in [-0.4, -0.2) is 69.7 Å². The second-order valence-corrected chi connectivity index (χ2v) is 11.5. The standard InChI is InChI=1S/C25H23ClF3N5O5S2/c26-16-4-3-15(25(27,28)29)8-17(16)40-12-18(35)32-19-22(37)34-20(24(38)39)14(11-41-23(19)34)10-33-7-1-2-13(9-33)21(36)31-6-5-30/h1-4,7-9,19,23H,5-6,10-12,30H2,(H2-,31,32,35,36,38,39)/p+1/t19-,23-/m1/s1. The molecule has 3 heterocycles. The third kappa shape index (κ3) is 6.97. The summed E-state index contributed by atoms with van der Waals surface area (Å²) < 4.78 is 40.7. The summed E-state index contributed by atoms with van der Waals surface area (Å²) in [5, 5.41) is 14.5. The number of halogens is 4. The molecule has 218 valence electrons. The van der Waals surface area contributed by atoms with E-state index >= 15 is 0 Å². The Balaban J connectivity index is 1.42. The molecule has 0 spiro atoms. The Morgan fingerprint density at radius 2 is 2.02 bits per heavy atom. The normalized spacial score (nSPS) is 18.5. The molecule has 2 atom stereocenters. The van der Waals surface area contributed by atoms with Crippen LogP contribution in [0.2, 0.25) is 5.02 Å². The molecule has 1 aromatic carbocycles. The maximum absolute atomic E-state index is 13.0. The molecule has 0 saturated carbocycles. The van der Waals surface area contributed by atoms with E-state index in [2.05, 4.69) is 10.6 Å². The molecule has 3 amide bonds. The maximum Gasteiger partial charge on any atom is 0.416 e. The number of nitrogens with two attached hydrogens (primary N) is 1. The van der Waals surface area contributed by atoms with Crippen molar-refractivity contribution in [2.24, 2.45) is 5.73 Å². The predicted molar refractivity (Wildman–Crippen MR) is 145 cm³/mol. The first-order valence-electron chi connectivity index (χ1n) is 12.1. The third-order valence-electron chi connectivity index (χ3n) is 6.11. The Kier molecular flexibility index (Phi) is 9.51. The summed E-state index contributed by atoms with van der Waals surface area (Å²) in [5.41, 5.74) is 5.11. The van der Waals surface area contributed by atoms with Gasteiger partial charge >= 0.3 is 12.1 Å². The van der Waals surface area contributed by atoms with Gasteiger partial charge in [0.05, 0.1) is 16.3 Å². The average molecular weight is 631 g/mol. The summed E-state index contributed by atoms with van der Waals surface area (Å²) in [5.74, 6) is -2.94. The number of aliphatic carboxylic acids is 1. The smallest absolute Gasteiger partial charge is 0.416 e. The molecular formula is C25H24ClF3N5O5S2+. The number of nitrogens with zero attached hydrogens (tertiary/aromatic N) is 2. The van der Waals surface area contributed by atoms with Crippen molar-refractivity contribution >= 4 is 58.8 Å². The number of hydrogen-bond donors (Lipinski definition) is 4. The molecule has 2 aliphatic rings. The van der Waals surface area contributed by atoms with Gasteiger partial charge in [-0.3, -0.25) is 19.3 Å². The van der Waals surface area contributed by atoms with Gasteiger partial charge in [0.1, 0.15) is 22.7 Å². The van der Waals surface area contributed by atoms with E-state index in [1.54, 1.807) is 29.1 Å². The first kappa shape index (κ1) is 30.7. The fourth-order valence-electron chi connectivity index (χ4n) is 4.22. The monoisotopic (exact) mass is 630 g/mol. The molecule has 5 N–H and O–H groups in total. The Morgan fingerprint density at radius 3 is 2.71 bits per heavy atom. The Bertz CT molecular complexity index is 1420. The van der Waals surface area contributed by atoms with Gasteiger partial charge in [-0.2, -0.15) is 13.2 Å². The quantitative estimate of drug-likeness (QED) is 0.177. The second kappa shape index (κ2) is 12.7. The van der Waals surface area contributed by atoms with E-state index in [9.17, 15) is 37.5 Å². The van der Waals surface area contributed by atoms with Crippen LogP contribution >= 0.6 is 35.1 Å². The summed E-state index contributed by atoms with van der Waals surface area (Å²) in [6, 6.07) is 5.03. The van der Waals surface area contributed by atoms with Gasteiger partial charge in [0.25, 0.3) is 11.8 Å². The molecule has 2 aliphatic heterocycles. The third-order valence-corrected chi connectivity index (χ3v) is 8.94. The maximum atomic E-state index is 13.0. The van der Waals surface area contributed by atoms with Crippen molar-refractivity contribution in [3.8, 4) is 0 Å². The number of nitrogens with one attached hydrogen (secondary N) is 2. The number of rotatable bonds is 10. The molecular weight excluding hydrogens is 607 g/mol. The Labute approximate surface area is 245 Å². The van der Waals surface area contributed by atoms with Crippen LogP contribution < -0.4 is 20.9 Å². The van der Waals surface area contributed by atoms with E-state index in [0.29, 0.717) is 17.7 Å². The largest absolute Gasteiger partial charge is 0.477 e. The first-order valence-corrected chi connectivity index (χ1v) is 14.5. The van der Waals surface area contributed by atoms with Crippen molar-refractivity contribution in [3.05, 3.63) is 70.1 Å². The number of amides is 3. The fraction of sp³-hybridized carbons (Fsp3) is 0.320. The van der Waals surface area contributed by atoms with Crippen molar-refractivity contribution < 1.29 is 42.0 Å². The summed E-state index contributed by atoms with van der Waals surface area (Å²) >= 11 is 8.04. The van der Waals surface area contributed by atoms with Gasteiger partial charge in [0, 0.05) is 35.4 Å². The van der Waals surface area contributed by atoms with Crippen molar-refractivity contribution in [2.75, 3.05) is 24.6 Å². The number of benzene rings is 1. The number of fused-ring (bicyclic) bond motifs is 1. The molecule has 1 saturated heterocycles. The van der Waals surface area contributed by atoms with Crippen molar-refractivity contribution in [2.45, 2.75) is 29.0 Å². The van der Waals surface area contributed by atoms with Crippen LogP contribution in [0.5, 0.6) is 0 Å². The SMILES string of the molecule is NCCNC(=O)c1ccc[n+](CC2=C(C(=O)O)N3C(=O)[C@@H](NC(=O)CSc4cc(C(F)(F)F)ccc4Cl)[C@H]3SC2)c1. The molecule has 16 heteroatoms. The topological polar surface area (TPSA) is 146 Å². The lowest BCUT2D eigenvalue weighted by Gasteiger charge is -2.49. The van der Waals surface area contributed by atoms with E-state index in [4.69, 9.17) is 17.3 Å². The number of thioether (sulfide) groups is 2. The highest BCUT2D eigenvalue weighted by molar-refractivity contribution is 8.00. The zero-order chi connectivity index (χ0) is 29.9. The Morgan fingerprint density at radius 1 is 1.27 bits per heavy atom. The Hall–Kier alpha value is -3.27. The lowest BCUT2D eigenvalue weighted by molar-refractivity contribution is -0.689. The zero-order valence-corrected chi connectivity index (χ0v) is 23.5. The van der Waals surface area contributed by atoms with Crippen LogP contribution in [0.1, 0.15) is 15.9 Å². The van der Waals surface area contributed by atoms with Gasteiger partial charge in [0.15, 0.2) is 18.9 Å². The number of carboxylic acids is 1. The number of β-lactam (4-membered cyclic amide) rings is 1. The molecule has 2 aromatic rings. The number of carboxylic acid groups (broad SMARTS) is 1. The minimum atomic E-state index is -4.57. The number of aromatic nitrogens is 1. The number of hydrogen-bond acceptors (Lipinski definition) is 7. The lowest BCUT2D eigenvalue weighted by Crippen LogP contribution is -2.71. The number of carbonyl (C=O) groups is 4. The van der Waals surface area contributed by atoms with Crippen molar-refractivity contribution in [3.63, 3.8) is 0 Å². The van der Waals surface area contributed by atoms with E-state index in [1.165, 1.54) is 11.8 Å². The molecule has 0 unspecified atom stereocenters. The van der Waals surface area contributed by atoms with Crippen LogP contribution in [0.15, 0.2) is 58.9 Å². The van der Waals surface area contributed by atoms with Crippen LogP contribution in [0.4, 0.5) is 13.2 Å². The number of alkyl halides is 3. The van der Waals surface area contributed by atoms with Crippen molar-refractivity contribution in [1.29, 1.82) is 0 Å². The lowest BCUT2D eigenvalue weighted by atomic mass is 10.0. The molecule has 1 aromatic heterocycles. The van der Waals surface area contributed by atoms with Crippen LogP contribution in [-0.2, 0) is 27.1 Å². The van der Waals surface area contributed by atoms with E-state index in [1.807, 2.05) is 0 Å². The molecule has 10 nitrogen and oxygen atoms in total. The fourth-order valence-corrected chi connectivity index (χ4v) is 6.62. The summed E-state index contributed by atoms with van der Waals surface area (Å²) in [6.07, 6.45) is -1.35.